The minimum atomic E-state index is -1.17. The molecule has 5 heteroatoms. The van der Waals surface area contributed by atoms with Crippen LogP contribution in [0.15, 0.2) is 29.5 Å². The second-order valence-electron chi connectivity index (χ2n) is 3.71. The lowest BCUT2D eigenvalue weighted by molar-refractivity contribution is -0.121. The van der Waals surface area contributed by atoms with E-state index in [1.54, 1.807) is 6.20 Å². The lowest BCUT2D eigenvalue weighted by atomic mass is 9.90. The number of hydrogen-bond acceptors (Lipinski definition) is 4. The third-order valence-corrected chi connectivity index (χ3v) is 2.73. The highest BCUT2D eigenvalue weighted by atomic mass is 16.1. The highest BCUT2D eigenvalue weighted by Gasteiger charge is 2.40. The molecule has 3 N–H and O–H groups in total. The maximum atomic E-state index is 11.7. The highest BCUT2D eigenvalue weighted by molar-refractivity contribution is 6.03. The summed E-state index contributed by atoms with van der Waals surface area (Å²) < 4.78 is 0. The Morgan fingerprint density at radius 2 is 2.47 bits per heavy atom. The fourth-order valence-corrected chi connectivity index (χ4v) is 1.81. The number of pyridine rings is 1. The lowest BCUT2D eigenvalue weighted by Crippen LogP contribution is -2.54. The highest BCUT2D eigenvalue weighted by Crippen LogP contribution is 2.23. The first kappa shape index (κ1) is 11.3. The molecule has 1 aromatic rings. The Bertz CT molecular complexity index is 495. The Morgan fingerprint density at radius 3 is 3.06 bits per heavy atom. The molecule has 5 nitrogen and oxygen atoms in total. The van der Waals surface area contributed by atoms with Crippen LogP contribution in [0.1, 0.15) is 18.2 Å². The predicted molar refractivity (Wildman–Crippen MR) is 63.9 cm³/mol. The maximum absolute atomic E-state index is 11.7. The fourth-order valence-electron chi connectivity index (χ4n) is 1.81. The van der Waals surface area contributed by atoms with Crippen LogP contribution in [-0.2, 0) is 16.8 Å². The maximum Gasteiger partial charge on any atom is 0.255 e. The zero-order chi connectivity index (χ0) is 12.3. The van der Waals surface area contributed by atoms with Gasteiger partial charge < -0.3 is 11.1 Å². The van der Waals surface area contributed by atoms with E-state index >= 15 is 0 Å². The zero-order valence-corrected chi connectivity index (χ0v) is 9.47. The van der Waals surface area contributed by atoms with Crippen molar-refractivity contribution in [2.45, 2.75) is 18.9 Å². The SMILES string of the molecule is CCc1cccnc1C1(C(N)=O)C=N[C]=CN1. The number of rotatable bonds is 3. The van der Waals surface area contributed by atoms with Gasteiger partial charge >= 0.3 is 0 Å². The van der Waals surface area contributed by atoms with Crippen LogP contribution in [0.4, 0.5) is 0 Å². The average Bonchev–Trinajstić information content (AvgIpc) is 2.39. The molecule has 1 radical (unpaired) electrons. The van der Waals surface area contributed by atoms with Crippen molar-refractivity contribution >= 4 is 12.1 Å². The molecule has 0 saturated heterocycles. The largest absolute Gasteiger partial charge is 0.367 e. The molecule has 1 aliphatic rings. The van der Waals surface area contributed by atoms with Crippen molar-refractivity contribution in [2.75, 3.05) is 0 Å². The summed E-state index contributed by atoms with van der Waals surface area (Å²) >= 11 is 0. The van der Waals surface area contributed by atoms with Gasteiger partial charge in [0.15, 0.2) is 5.54 Å². The normalized spacial score (nSPS) is 22.2. The molecule has 1 amide bonds. The lowest BCUT2D eigenvalue weighted by Gasteiger charge is -2.29. The van der Waals surface area contributed by atoms with Crippen LogP contribution in [0.5, 0.6) is 0 Å². The number of aryl methyl sites for hydroxylation is 1. The molecule has 87 valence electrons. The van der Waals surface area contributed by atoms with E-state index in [0.717, 1.165) is 12.0 Å². The van der Waals surface area contributed by atoms with Crippen molar-refractivity contribution < 1.29 is 4.79 Å². The van der Waals surface area contributed by atoms with Crippen LogP contribution < -0.4 is 11.1 Å². The number of carbonyl (C=O) groups is 1. The van der Waals surface area contributed by atoms with Gasteiger partial charge in [-0.1, -0.05) is 13.0 Å². The first-order valence-electron chi connectivity index (χ1n) is 5.34. The molecule has 0 aromatic carbocycles. The molecule has 0 aliphatic carbocycles. The fraction of sp³-hybridized carbons (Fsp3) is 0.250. The van der Waals surface area contributed by atoms with Crippen LogP contribution >= 0.6 is 0 Å². The van der Waals surface area contributed by atoms with Gasteiger partial charge in [-0.25, -0.2) is 0 Å². The van der Waals surface area contributed by atoms with Gasteiger partial charge in [-0.15, -0.1) is 0 Å². The first-order chi connectivity index (χ1) is 8.20. The molecule has 17 heavy (non-hydrogen) atoms. The summed E-state index contributed by atoms with van der Waals surface area (Å²) in [6, 6.07) is 3.75. The van der Waals surface area contributed by atoms with Crippen molar-refractivity contribution in [2.24, 2.45) is 10.7 Å². The summed E-state index contributed by atoms with van der Waals surface area (Å²) in [6.07, 6.45) is 7.91. The van der Waals surface area contributed by atoms with E-state index in [4.69, 9.17) is 5.73 Å². The van der Waals surface area contributed by atoms with Crippen LogP contribution in [0.2, 0.25) is 0 Å². The Labute approximate surface area is 99.5 Å². The Balaban J connectivity index is 2.58. The number of hydrogen-bond donors (Lipinski definition) is 2. The second-order valence-corrected chi connectivity index (χ2v) is 3.71. The molecular weight excluding hydrogens is 216 g/mol. The zero-order valence-electron chi connectivity index (χ0n) is 9.47. The molecule has 1 aliphatic heterocycles. The molecular formula is C12H13N4O. The summed E-state index contributed by atoms with van der Waals surface area (Å²) in [5, 5.41) is 2.90. The number of aliphatic imine (C=N–C) groups is 1. The van der Waals surface area contributed by atoms with Crippen molar-refractivity contribution in [3.63, 3.8) is 0 Å². The number of nitrogens with zero attached hydrogens (tertiary/aromatic N) is 2. The van der Waals surface area contributed by atoms with E-state index in [1.165, 1.54) is 12.4 Å². The molecule has 2 rings (SSSR count). The van der Waals surface area contributed by atoms with E-state index in [9.17, 15) is 4.79 Å². The first-order valence-corrected chi connectivity index (χ1v) is 5.34. The third kappa shape index (κ3) is 1.80. The van der Waals surface area contributed by atoms with Crippen LogP contribution in [0.3, 0.4) is 0 Å². The van der Waals surface area contributed by atoms with E-state index < -0.39 is 11.4 Å². The van der Waals surface area contributed by atoms with Gasteiger partial charge in [-0.2, -0.15) is 0 Å². The average molecular weight is 229 g/mol. The standard InChI is InChI=1S/C12H13N4O/c1-2-9-4-3-5-15-10(9)12(11(13)17)8-14-6-7-16-12/h3-5,7-8,16H,2H2,1H3,(H2,13,17). The molecule has 1 unspecified atom stereocenters. The van der Waals surface area contributed by atoms with Gasteiger partial charge in [0.2, 0.25) is 0 Å². The third-order valence-electron chi connectivity index (χ3n) is 2.73. The van der Waals surface area contributed by atoms with Gasteiger partial charge in [0.05, 0.1) is 5.69 Å². The predicted octanol–water partition coefficient (Wildman–Crippen LogP) is 0.273. The quantitative estimate of drug-likeness (QED) is 0.780. The summed E-state index contributed by atoms with van der Waals surface area (Å²) in [7, 11) is 0. The topological polar surface area (TPSA) is 80.4 Å². The Hall–Kier alpha value is -2.17. The monoisotopic (exact) mass is 229 g/mol. The summed E-state index contributed by atoms with van der Waals surface area (Å²) in [5.41, 5.74) is 5.86. The smallest absolute Gasteiger partial charge is 0.255 e. The molecule has 0 fully saturated rings. The number of nitrogens with two attached hydrogens (primary N) is 1. The summed E-state index contributed by atoms with van der Waals surface area (Å²) in [5.74, 6) is -0.535. The summed E-state index contributed by atoms with van der Waals surface area (Å²) in [4.78, 5) is 19.9. The molecule has 0 bridgehead atoms. The van der Waals surface area contributed by atoms with Crippen LogP contribution in [0.25, 0.3) is 0 Å². The Morgan fingerprint density at radius 1 is 1.65 bits per heavy atom. The van der Waals surface area contributed by atoms with E-state index in [1.807, 2.05) is 19.1 Å². The van der Waals surface area contributed by atoms with E-state index in [0.29, 0.717) is 5.69 Å². The van der Waals surface area contributed by atoms with Crippen molar-refractivity contribution in [3.8, 4) is 0 Å². The van der Waals surface area contributed by atoms with Gasteiger partial charge in [-0.05, 0) is 18.1 Å². The number of nitrogens with one attached hydrogen (secondary N) is 1. The van der Waals surface area contributed by atoms with E-state index in [-0.39, 0.29) is 0 Å². The molecule has 0 spiro atoms. The minimum absolute atomic E-state index is 0.535. The Kier molecular flexibility index (Phi) is 2.91. The van der Waals surface area contributed by atoms with E-state index in [2.05, 4.69) is 21.5 Å². The van der Waals surface area contributed by atoms with Gasteiger partial charge in [-0.3, -0.25) is 14.8 Å². The number of aromatic nitrogens is 1. The van der Waals surface area contributed by atoms with Crippen molar-refractivity contribution in [3.05, 3.63) is 42.0 Å². The van der Waals surface area contributed by atoms with Crippen LogP contribution in [-0.4, -0.2) is 17.1 Å². The number of carbonyl (C=O) groups excluding carboxylic acids is 1. The van der Waals surface area contributed by atoms with Crippen LogP contribution in [0, 0.1) is 6.20 Å². The number of amides is 1. The van der Waals surface area contributed by atoms with Gasteiger partial charge in [0, 0.05) is 18.6 Å². The minimum Gasteiger partial charge on any atom is -0.367 e. The van der Waals surface area contributed by atoms with Gasteiger partial charge in [0.1, 0.15) is 6.20 Å². The molecule has 0 saturated carbocycles. The molecule has 1 aromatic heterocycles. The second kappa shape index (κ2) is 4.37. The summed E-state index contributed by atoms with van der Waals surface area (Å²) in [6.45, 7) is 2.00. The molecule has 1 atom stereocenters. The molecule has 2 heterocycles. The van der Waals surface area contributed by atoms with Crippen molar-refractivity contribution in [1.82, 2.24) is 10.3 Å². The number of primary amides is 1. The van der Waals surface area contributed by atoms with Crippen molar-refractivity contribution in [1.29, 1.82) is 0 Å². The van der Waals surface area contributed by atoms with Gasteiger partial charge in [0.25, 0.3) is 5.91 Å².